The van der Waals surface area contributed by atoms with Gasteiger partial charge in [0.15, 0.2) is 6.61 Å². The Morgan fingerprint density at radius 3 is 2.38 bits per heavy atom. The van der Waals surface area contributed by atoms with Crippen molar-refractivity contribution in [3.05, 3.63) is 24.3 Å². The Hall–Kier alpha value is -2.08. The van der Waals surface area contributed by atoms with Crippen molar-refractivity contribution in [3.8, 4) is 5.75 Å². The molecule has 0 spiro atoms. The Labute approximate surface area is 91.5 Å². The molecule has 0 aliphatic carbocycles. The number of carboxylic acid groups (broad SMARTS) is 1. The lowest BCUT2D eigenvalue weighted by Crippen LogP contribution is -2.15. The van der Waals surface area contributed by atoms with Crippen LogP contribution in [0, 0.1) is 0 Å². The Balaban J connectivity index is 2.54. The standard InChI is InChI=1S/C10H11NO5/c12-5-9(13)11-7-1-3-8(4-2-7)16-6-10(14)15/h1-4,12H,5-6H2,(H,11,13)(H,14,15). The summed E-state index contributed by atoms with van der Waals surface area (Å²) in [5, 5.41) is 19.3. The Kier molecular flexibility index (Phi) is 4.28. The van der Waals surface area contributed by atoms with Gasteiger partial charge in [0.25, 0.3) is 0 Å². The third-order valence-electron chi connectivity index (χ3n) is 1.64. The van der Waals surface area contributed by atoms with Crippen molar-refractivity contribution in [3.63, 3.8) is 0 Å². The van der Waals surface area contributed by atoms with Crippen molar-refractivity contribution < 1.29 is 24.5 Å². The zero-order valence-electron chi connectivity index (χ0n) is 8.34. The monoisotopic (exact) mass is 225 g/mol. The molecule has 0 unspecified atom stereocenters. The number of hydrogen-bond donors (Lipinski definition) is 3. The van der Waals surface area contributed by atoms with Gasteiger partial charge in [-0.05, 0) is 24.3 Å². The first-order valence-corrected chi connectivity index (χ1v) is 4.47. The number of ether oxygens (including phenoxy) is 1. The first-order valence-electron chi connectivity index (χ1n) is 4.47. The fraction of sp³-hybridized carbons (Fsp3) is 0.200. The molecule has 0 atom stereocenters. The van der Waals surface area contributed by atoms with Crippen molar-refractivity contribution >= 4 is 17.6 Å². The highest BCUT2D eigenvalue weighted by atomic mass is 16.5. The Bertz CT molecular complexity index is 373. The molecule has 0 aliphatic rings. The van der Waals surface area contributed by atoms with Gasteiger partial charge in [0.1, 0.15) is 12.4 Å². The van der Waals surface area contributed by atoms with Gasteiger partial charge in [-0.15, -0.1) is 0 Å². The third-order valence-corrected chi connectivity index (χ3v) is 1.64. The maximum absolute atomic E-state index is 10.8. The normalized spacial score (nSPS) is 9.56. The van der Waals surface area contributed by atoms with E-state index in [-0.39, 0.29) is 0 Å². The molecule has 1 aromatic rings. The van der Waals surface area contributed by atoms with E-state index in [9.17, 15) is 9.59 Å². The van der Waals surface area contributed by atoms with E-state index in [1.54, 1.807) is 12.1 Å². The number of benzene rings is 1. The van der Waals surface area contributed by atoms with Crippen LogP contribution < -0.4 is 10.1 Å². The largest absolute Gasteiger partial charge is 0.482 e. The fourth-order valence-corrected chi connectivity index (χ4v) is 0.980. The lowest BCUT2D eigenvalue weighted by molar-refractivity contribution is -0.139. The summed E-state index contributed by atoms with van der Waals surface area (Å²) in [7, 11) is 0. The van der Waals surface area contributed by atoms with Gasteiger partial charge in [0.05, 0.1) is 0 Å². The molecule has 0 saturated heterocycles. The van der Waals surface area contributed by atoms with Crippen LogP contribution >= 0.6 is 0 Å². The first kappa shape index (κ1) is 12.0. The summed E-state index contributed by atoms with van der Waals surface area (Å²) in [6.45, 7) is -1.00. The number of carbonyl (C=O) groups excluding carboxylic acids is 1. The van der Waals surface area contributed by atoms with Crippen LogP contribution in [0.15, 0.2) is 24.3 Å². The zero-order valence-corrected chi connectivity index (χ0v) is 8.34. The van der Waals surface area contributed by atoms with Crippen LogP contribution in [-0.2, 0) is 9.59 Å². The number of rotatable bonds is 5. The molecule has 0 radical (unpaired) electrons. The number of nitrogens with one attached hydrogen (secondary N) is 1. The van der Waals surface area contributed by atoms with Crippen LogP contribution in [0.25, 0.3) is 0 Å². The van der Waals surface area contributed by atoms with Crippen LogP contribution in [0.3, 0.4) is 0 Å². The second-order valence-electron chi connectivity index (χ2n) is 2.91. The maximum Gasteiger partial charge on any atom is 0.341 e. The molecule has 6 nitrogen and oxygen atoms in total. The van der Waals surface area contributed by atoms with Crippen molar-refractivity contribution in [2.45, 2.75) is 0 Å². The molecule has 1 amide bonds. The number of aliphatic hydroxyl groups is 1. The van der Waals surface area contributed by atoms with E-state index >= 15 is 0 Å². The SMILES string of the molecule is O=C(O)COc1ccc(NC(=O)CO)cc1. The van der Waals surface area contributed by atoms with Gasteiger partial charge < -0.3 is 20.3 Å². The van der Waals surface area contributed by atoms with Crippen LogP contribution in [0.1, 0.15) is 0 Å². The van der Waals surface area contributed by atoms with Gasteiger partial charge in [-0.25, -0.2) is 4.79 Å². The summed E-state index contributed by atoms with van der Waals surface area (Å²) in [5.74, 6) is -1.18. The van der Waals surface area contributed by atoms with Crippen LogP contribution in [0.5, 0.6) is 5.75 Å². The summed E-state index contributed by atoms with van der Waals surface area (Å²) in [6.07, 6.45) is 0. The van der Waals surface area contributed by atoms with E-state index in [4.69, 9.17) is 14.9 Å². The van der Waals surface area contributed by atoms with Crippen LogP contribution in [-0.4, -0.2) is 35.3 Å². The predicted octanol–water partition coefficient (Wildman–Crippen LogP) is 0.0808. The molecule has 0 aromatic heterocycles. The van der Waals surface area contributed by atoms with E-state index in [1.807, 2.05) is 0 Å². The Morgan fingerprint density at radius 1 is 1.25 bits per heavy atom. The van der Waals surface area contributed by atoms with Gasteiger partial charge in [-0.3, -0.25) is 4.79 Å². The molecule has 0 bridgehead atoms. The van der Waals surface area contributed by atoms with E-state index in [0.29, 0.717) is 11.4 Å². The lowest BCUT2D eigenvalue weighted by atomic mass is 10.3. The number of carboxylic acids is 1. The molecule has 86 valence electrons. The molecule has 1 rings (SSSR count). The Morgan fingerprint density at radius 2 is 1.88 bits per heavy atom. The lowest BCUT2D eigenvalue weighted by Gasteiger charge is -2.05. The molecule has 6 heteroatoms. The van der Waals surface area contributed by atoms with E-state index in [1.165, 1.54) is 12.1 Å². The average Bonchev–Trinajstić information content (AvgIpc) is 2.28. The highest BCUT2D eigenvalue weighted by molar-refractivity contribution is 5.91. The van der Waals surface area contributed by atoms with Crippen molar-refractivity contribution in [2.24, 2.45) is 0 Å². The van der Waals surface area contributed by atoms with Crippen molar-refractivity contribution in [1.29, 1.82) is 0 Å². The van der Waals surface area contributed by atoms with Gasteiger partial charge in [-0.1, -0.05) is 0 Å². The molecule has 0 heterocycles. The molecule has 1 aromatic carbocycles. The van der Waals surface area contributed by atoms with Crippen LogP contribution in [0.4, 0.5) is 5.69 Å². The highest BCUT2D eigenvalue weighted by Crippen LogP contribution is 2.15. The first-order chi connectivity index (χ1) is 7.61. The quantitative estimate of drug-likeness (QED) is 0.659. The van der Waals surface area contributed by atoms with Crippen molar-refractivity contribution in [2.75, 3.05) is 18.5 Å². The average molecular weight is 225 g/mol. The smallest absolute Gasteiger partial charge is 0.341 e. The van der Waals surface area contributed by atoms with Gasteiger partial charge >= 0.3 is 5.97 Å². The molecule has 3 N–H and O–H groups in total. The molecule has 0 fully saturated rings. The third kappa shape index (κ3) is 3.97. The van der Waals surface area contributed by atoms with E-state index in [0.717, 1.165) is 0 Å². The number of carbonyl (C=O) groups is 2. The summed E-state index contributed by atoms with van der Waals surface area (Å²) in [6, 6.07) is 6.14. The summed E-state index contributed by atoms with van der Waals surface area (Å²) in [5.41, 5.74) is 0.502. The molecular formula is C10H11NO5. The fourth-order valence-electron chi connectivity index (χ4n) is 0.980. The van der Waals surface area contributed by atoms with Crippen molar-refractivity contribution in [1.82, 2.24) is 0 Å². The second-order valence-corrected chi connectivity index (χ2v) is 2.91. The number of aliphatic carboxylic acids is 1. The van der Waals surface area contributed by atoms with E-state index in [2.05, 4.69) is 5.32 Å². The molecule has 0 saturated carbocycles. The highest BCUT2D eigenvalue weighted by Gasteiger charge is 2.01. The summed E-state index contributed by atoms with van der Waals surface area (Å²) >= 11 is 0. The minimum atomic E-state index is -1.06. The predicted molar refractivity (Wildman–Crippen MR) is 55.3 cm³/mol. The molecular weight excluding hydrogens is 214 g/mol. The number of anilines is 1. The van der Waals surface area contributed by atoms with Crippen LogP contribution in [0.2, 0.25) is 0 Å². The molecule has 16 heavy (non-hydrogen) atoms. The van der Waals surface area contributed by atoms with Gasteiger partial charge in [-0.2, -0.15) is 0 Å². The zero-order chi connectivity index (χ0) is 12.0. The minimum Gasteiger partial charge on any atom is -0.482 e. The summed E-state index contributed by atoms with van der Waals surface area (Å²) < 4.78 is 4.89. The minimum absolute atomic E-state index is 0.393. The summed E-state index contributed by atoms with van der Waals surface area (Å²) in [4.78, 5) is 21.0. The number of amides is 1. The second kappa shape index (κ2) is 5.72. The van der Waals surface area contributed by atoms with Gasteiger partial charge in [0, 0.05) is 5.69 Å². The van der Waals surface area contributed by atoms with E-state index < -0.39 is 25.1 Å². The molecule has 0 aliphatic heterocycles. The van der Waals surface area contributed by atoms with Gasteiger partial charge in [0.2, 0.25) is 5.91 Å². The number of aliphatic hydroxyl groups excluding tert-OH is 1. The maximum atomic E-state index is 10.8. The topological polar surface area (TPSA) is 95.9 Å². The number of hydrogen-bond acceptors (Lipinski definition) is 4.